The fourth-order valence-electron chi connectivity index (χ4n) is 12.0. The van der Waals surface area contributed by atoms with Crippen LogP contribution in [0.2, 0.25) is 0 Å². The number of methoxy groups -OCH3 is 1. The molecule has 0 aliphatic heterocycles. The van der Waals surface area contributed by atoms with Crippen molar-refractivity contribution in [2.24, 2.45) is 39.4 Å². The van der Waals surface area contributed by atoms with Gasteiger partial charge >= 0.3 is 47.8 Å². The van der Waals surface area contributed by atoms with Gasteiger partial charge in [-0.3, -0.25) is 38.4 Å². The summed E-state index contributed by atoms with van der Waals surface area (Å²) in [7, 11) is 1.16. The summed E-state index contributed by atoms with van der Waals surface area (Å²) in [5.74, 6) is -10.2. The Morgan fingerprint density at radius 1 is 0.518 bits per heavy atom. The molecule has 0 aromatic heterocycles. The van der Waals surface area contributed by atoms with Gasteiger partial charge in [-0.1, -0.05) is 189 Å². The van der Waals surface area contributed by atoms with E-state index < -0.39 is 71.9 Å². The highest BCUT2D eigenvalue weighted by Gasteiger charge is 2.64. The third-order valence-corrected chi connectivity index (χ3v) is 18.3. The fourth-order valence-corrected chi connectivity index (χ4v) is 12.0. The lowest BCUT2D eigenvalue weighted by Gasteiger charge is -2.38. The second-order valence-electron chi connectivity index (χ2n) is 23.1. The summed E-state index contributed by atoms with van der Waals surface area (Å²) in [5.41, 5.74) is 6.21. The topological polar surface area (TPSA) is 254 Å². The van der Waals surface area contributed by atoms with Crippen molar-refractivity contribution < 1.29 is 77.7 Å². The molecule has 4 fully saturated rings. The standard InChI is InChI=1S/C22H28O4.C21H26O4.2C12H12O4/c1-5-14-6-8-15(9-7-14)12-17(19(23)24)20(25)26-18-13-16-10-11-22(18,4)21(16,2)3;1-5-13-6-8-14(9-7-13)17(18(22)23)19(24)25-16-12-15-10-11-21(16,4)20(15,2)3;1-3-8-4-6-9(7-5-8)10(11(13)14)12(15)16-2;1-2-9-3-5-10(6-4-9)8-16-12(15)7-11(13)14/h5-9,16-18H,1,10-13H2,2-4H3,(H,23,24);5-9,15-17H,1,10-12H2,2-4H3,(H,22,23);3-7,10H,1H2,2H3,(H,13,14);2-6H,1,7-8H2,(H,13,14). The molecule has 4 bridgehead atoms. The number of carboxylic acids is 4. The highest BCUT2D eigenvalue weighted by Crippen LogP contribution is 2.67. The monoisotopic (exact) mass is 1140 g/mol. The molecule has 4 aromatic carbocycles. The van der Waals surface area contributed by atoms with Gasteiger partial charge in [0.2, 0.25) is 0 Å². The van der Waals surface area contributed by atoms with Crippen LogP contribution in [0.4, 0.5) is 0 Å². The number of hydrogen-bond acceptors (Lipinski definition) is 12. The number of ether oxygens (including phenoxy) is 4. The van der Waals surface area contributed by atoms with Crippen molar-refractivity contribution in [2.45, 2.75) is 124 Å². The molecule has 16 heteroatoms. The van der Waals surface area contributed by atoms with Gasteiger partial charge in [0.05, 0.1) is 7.11 Å². The van der Waals surface area contributed by atoms with Crippen molar-refractivity contribution in [2.75, 3.05) is 7.11 Å². The molecule has 83 heavy (non-hydrogen) atoms. The molecule has 4 aliphatic rings. The van der Waals surface area contributed by atoms with E-state index in [0.717, 1.165) is 79.0 Å². The normalized spacial score (nSPS) is 22.7. The lowest BCUT2D eigenvalue weighted by molar-refractivity contribution is -0.169. The zero-order valence-corrected chi connectivity index (χ0v) is 48.5. The smallest absolute Gasteiger partial charge is 0.325 e. The van der Waals surface area contributed by atoms with Crippen LogP contribution in [0.15, 0.2) is 123 Å². The summed E-state index contributed by atoms with van der Waals surface area (Å²) in [4.78, 5) is 92.1. The van der Waals surface area contributed by atoms with Gasteiger partial charge in [0, 0.05) is 10.8 Å². The zero-order valence-electron chi connectivity index (χ0n) is 48.5. The van der Waals surface area contributed by atoms with Crippen LogP contribution >= 0.6 is 0 Å². The van der Waals surface area contributed by atoms with Crippen LogP contribution in [0.5, 0.6) is 0 Å². The van der Waals surface area contributed by atoms with E-state index >= 15 is 0 Å². The Hall–Kier alpha value is -8.40. The summed E-state index contributed by atoms with van der Waals surface area (Å²) in [5, 5.41) is 36.4. The number of hydrogen-bond donors (Lipinski definition) is 4. The van der Waals surface area contributed by atoms with E-state index in [1.807, 2.05) is 36.4 Å². The van der Waals surface area contributed by atoms with Gasteiger partial charge in [0.1, 0.15) is 25.2 Å². The third kappa shape index (κ3) is 15.4. The van der Waals surface area contributed by atoms with E-state index in [0.29, 0.717) is 23.0 Å². The van der Waals surface area contributed by atoms with Crippen LogP contribution < -0.4 is 0 Å². The van der Waals surface area contributed by atoms with E-state index in [9.17, 15) is 48.6 Å². The molecule has 8 rings (SSSR count). The lowest BCUT2D eigenvalue weighted by atomic mass is 9.70. The lowest BCUT2D eigenvalue weighted by Crippen LogP contribution is -2.40. The summed E-state index contributed by atoms with van der Waals surface area (Å²) in [6.45, 7) is 28.0. The Kier molecular flexibility index (Phi) is 22.1. The number of fused-ring (bicyclic) bond motifs is 4. The highest BCUT2D eigenvalue weighted by molar-refractivity contribution is 6.01. The number of benzene rings is 4. The first kappa shape index (κ1) is 65.4. The largest absolute Gasteiger partial charge is 0.481 e. The fraction of sp³-hybridized carbons (Fsp3) is 0.403. The molecule has 0 spiro atoms. The van der Waals surface area contributed by atoms with Crippen molar-refractivity contribution in [1.82, 2.24) is 0 Å². The number of carboxylic acid groups (broad SMARTS) is 4. The van der Waals surface area contributed by atoms with Crippen molar-refractivity contribution in [3.63, 3.8) is 0 Å². The molecule has 9 unspecified atom stereocenters. The van der Waals surface area contributed by atoms with Gasteiger partial charge in [0.15, 0.2) is 17.8 Å². The molecule has 4 aliphatic carbocycles. The van der Waals surface area contributed by atoms with E-state index in [2.05, 4.69) is 72.6 Å². The first-order valence-electron chi connectivity index (χ1n) is 27.5. The van der Waals surface area contributed by atoms with Crippen LogP contribution in [0.3, 0.4) is 0 Å². The van der Waals surface area contributed by atoms with Gasteiger partial charge < -0.3 is 39.4 Å². The average molecular weight is 1140 g/mol. The molecular formula is C67H78O16. The van der Waals surface area contributed by atoms with Gasteiger partial charge in [-0.2, -0.15) is 0 Å². The van der Waals surface area contributed by atoms with Crippen LogP contribution in [0.1, 0.15) is 143 Å². The number of aliphatic carboxylic acids is 4. The molecular weight excluding hydrogens is 1060 g/mol. The molecule has 4 N–H and O–H groups in total. The number of carbonyl (C=O) groups excluding carboxylic acids is 4. The molecule has 0 amide bonds. The van der Waals surface area contributed by atoms with Gasteiger partial charge in [-0.15, -0.1) is 0 Å². The van der Waals surface area contributed by atoms with E-state index in [4.69, 9.17) is 24.4 Å². The maximum absolute atomic E-state index is 12.7. The minimum Gasteiger partial charge on any atom is -0.481 e. The zero-order chi connectivity index (χ0) is 61.6. The minimum absolute atomic E-state index is 0.0675. The first-order valence-corrected chi connectivity index (χ1v) is 27.5. The second-order valence-corrected chi connectivity index (χ2v) is 23.1. The Labute approximate surface area is 485 Å². The van der Waals surface area contributed by atoms with Gasteiger partial charge in [-0.25, -0.2) is 0 Å². The molecule has 9 atom stereocenters. The van der Waals surface area contributed by atoms with Gasteiger partial charge in [-0.05, 0) is 112 Å². The van der Waals surface area contributed by atoms with Crippen LogP contribution in [-0.2, 0) is 70.3 Å². The number of rotatable bonds is 20. The highest BCUT2D eigenvalue weighted by atomic mass is 16.6. The summed E-state index contributed by atoms with van der Waals surface area (Å²) in [6.07, 6.45) is 11.9. The van der Waals surface area contributed by atoms with E-state index in [-0.39, 0.29) is 46.9 Å². The molecule has 4 saturated carbocycles. The maximum atomic E-state index is 12.7. The SMILES string of the molecule is C=Cc1ccc(C(C(=O)O)C(=O)OC)cc1.C=Cc1ccc(C(C(=O)O)C(=O)OC2CC3CCC2(C)C3(C)C)cc1.C=Cc1ccc(CC(C(=O)O)C(=O)OC2CC3CCC2(C)C3(C)C)cc1.C=Cc1ccc(COC(=O)CC(=O)O)cc1. The van der Waals surface area contributed by atoms with E-state index in [1.165, 1.54) is 0 Å². The summed E-state index contributed by atoms with van der Waals surface area (Å²) >= 11 is 0. The molecule has 16 nitrogen and oxygen atoms in total. The average Bonchev–Trinajstić information content (AvgIpc) is 1.93. The third-order valence-electron chi connectivity index (χ3n) is 18.3. The Morgan fingerprint density at radius 3 is 1.19 bits per heavy atom. The second kappa shape index (κ2) is 28.1. The quantitative estimate of drug-likeness (QED) is 0.0364. The summed E-state index contributed by atoms with van der Waals surface area (Å²) in [6, 6.07) is 28.1. The maximum Gasteiger partial charge on any atom is 0.325 e. The molecule has 0 heterocycles. The van der Waals surface area contributed by atoms with E-state index in [1.54, 1.807) is 85.0 Å². The van der Waals surface area contributed by atoms with Crippen molar-refractivity contribution in [3.8, 4) is 0 Å². The molecule has 442 valence electrons. The number of carbonyl (C=O) groups is 8. The van der Waals surface area contributed by atoms with Crippen LogP contribution in [-0.4, -0.2) is 87.5 Å². The Morgan fingerprint density at radius 2 is 0.880 bits per heavy atom. The van der Waals surface area contributed by atoms with Crippen molar-refractivity contribution in [1.29, 1.82) is 0 Å². The van der Waals surface area contributed by atoms with Crippen molar-refractivity contribution >= 4 is 72.1 Å². The predicted octanol–water partition coefficient (Wildman–Crippen LogP) is 12.1. The Balaban J connectivity index is 0.000000208. The van der Waals surface area contributed by atoms with Crippen LogP contribution in [0, 0.1) is 39.4 Å². The molecule has 4 aromatic rings. The first-order chi connectivity index (χ1) is 39.1. The summed E-state index contributed by atoms with van der Waals surface area (Å²) < 4.78 is 20.8. The number of esters is 4. The van der Waals surface area contributed by atoms with Gasteiger partial charge in [0.25, 0.3) is 0 Å². The molecule has 0 radical (unpaired) electrons. The predicted molar refractivity (Wildman–Crippen MR) is 314 cm³/mol. The molecule has 0 saturated heterocycles. The van der Waals surface area contributed by atoms with Crippen molar-refractivity contribution in [3.05, 3.63) is 168 Å². The van der Waals surface area contributed by atoms with Crippen LogP contribution in [0.25, 0.3) is 24.3 Å². The Bertz CT molecular complexity index is 3030. The minimum atomic E-state index is -1.29.